The van der Waals surface area contributed by atoms with Crippen molar-refractivity contribution in [2.75, 3.05) is 12.3 Å². The van der Waals surface area contributed by atoms with Crippen molar-refractivity contribution in [2.45, 2.75) is 12.6 Å². The van der Waals surface area contributed by atoms with Crippen LogP contribution in [0.4, 0.5) is 18.9 Å². The van der Waals surface area contributed by atoms with E-state index in [2.05, 4.69) is 9.72 Å². The second-order valence-electron chi connectivity index (χ2n) is 3.13. The van der Waals surface area contributed by atoms with Gasteiger partial charge in [0.1, 0.15) is 0 Å². The van der Waals surface area contributed by atoms with Gasteiger partial charge in [-0.3, -0.25) is 0 Å². The van der Waals surface area contributed by atoms with E-state index in [1.165, 1.54) is 0 Å². The molecule has 0 saturated carbocycles. The Morgan fingerprint density at radius 2 is 2.18 bits per heavy atom. The molecule has 0 fully saturated rings. The van der Waals surface area contributed by atoms with E-state index < -0.39 is 25.2 Å². The number of aromatic carboxylic acids is 1. The van der Waals surface area contributed by atoms with Crippen LogP contribution in [-0.4, -0.2) is 28.8 Å². The first-order valence-electron chi connectivity index (χ1n) is 4.48. The SMILES string of the molecule is Nc1cnc(OCCC(F)(F)F)cc1C(=O)O. The summed E-state index contributed by atoms with van der Waals surface area (Å²) in [6, 6.07) is 0.980. The summed E-state index contributed by atoms with van der Waals surface area (Å²) in [4.78, 5) is 14.2. The monoisotopic (exact) mass is 250 g/mol. The van der Waals surface area contributed by atoms with Crippen LogP contribution in [-0.2, 0) is 0 Å². The molecule has 0 aliphatic heterocycles. The normalized spacial score (nSPS) is 11.2. The average molecular weight is 250 g/mol. The lowest BCUT2D eigenvalue weighted by Crippen LogP contribution is -2.14. The van der Waals surface area contributed by atoms with Gasteiger partial charge in [0.05, 0.1) is 30.5 Å². The Hall–Kier alpha value is -1.99. The van der Waals surface area contributed by atoms with Crippen LogP contribution < -0.4 is 10.5 Å². The number of nitrogen functional groups attached to an aromatic ring is 1. The smallest absolute Gasteiger partial charge is 0.392 e. The Kier molecular flexibility index (Phi) is 3.77. The molecular weight excluding hydrogens is 241 g/mol. The highest BCUT2D eigenvalue weighted by Crippen LogP contribution is 2.21. The molecule has 17 heavy (non-hydrogen) atoms. The summed E-state index contributed by atoms with van der Waals surface area (Å²) < 4.78 is 40.1. The number of rotatable bonds is 4. The molecule has 0 spiro atoms. The lowest BCUT2D eigenvalue weighted by atomic mass is 10.2. The molecule has 0 atom stereocenters. The summed E-state index contributed by atoms with van der Waals surface area (Å²) in [6.45, 7) is -0.626. The van der Waals surface area contributed by atoms with E-state index in [4.69, 9.17) is 10.8 Å². The number of carboxylic acid groups (broad SMARTS) is 1. The van der Waals surface area contributed by atoms with Gasteiger partial charge in [-0.05, 0) is 0 Å². The van der Waals surface area contributed by atoms with E-state index in [1.807, 2.05) is 0 Å². The van der Waals surface area contributed by atoms with Crippen LogP contribution in [0.25, 0.3) is 0 Å². The summed E-state index contributed by atoms with van der Waals surface area (Å²) in [5, 5.41) is 8.70. The fourth-order valence-corrected chi connectivity index (χ4v) is 0.982. The number of nitrogens with zero attached hydrogens (tertiary/aromatic N) is 1. The zero-order valence-electron chi connectivity index (χ0n) is 8.49. The minimum absolute atomic E-state index is 0.0827. The van der Waals surface area contributed by atoms with Gasteiger partial charge in [-0.25, -0.2) is 9.78 Å². The van der Waals surface area contributed by atoms with Crippen LogP contribution in [0.2, 0.25) is 0 Å². The Labute approximate surface area is 94.0 Å². The number of hydrogen-bond donors (Lipinski definition) is 2. The zero-order chi connectivity index (χ0) is 13.1. The second-order valence-corrected chi connectivity index (χ2v) is 3.13. The standard InChI is InChI=1S/C9H9F3N2O3/c10-9(11,12)1-2-17-7-3-5(8(15)16)6(13)4-14-7/h3-4H,1-2,13H2,(H,15,16). The van der Waals surface area contributed by atoms with Gasteiger partial charge in [0.15, 0.2) is 0 Å². The van der Waals surface area contributed by atoms with Crippen molar-refractivity contribution in [1.29, 1.82) is 0 Å². The van der Waals surface area contributed by atoms with Crippen LogP contribution in [0.5, 0.6) is 5.88 Å². The quantitative estimate of drug-likeness (QED) is 0.849. The van der Waals surface area contributed by atoms with Crippen LogP contribution in [0.15, 0.2) is 12.3 Å². The van der Waals surface area contributed by atoms with Crippen molar-refractivity contribution < 1.29 is 27.8 Å². The van der Waals surface area contributed by atoms with Crippen molar-refractivity contribution in [3.05, 3.63) is 17.8 Å². The molecule has 1 aromatic heterocycles. The van der Waals surface area contributed by atoms with Crippen molar-refractivity contribution in [3.63, 3.8) is 0 Å². The minimum atomic E-state index is -4.33. The van der Waals surface area contributed by atoms with Gasteiger partial charge in [0.2, 0.25) is 5.88 Å². The number of hydrogen-bond acceptors (Lipinski definition) is 4. The number of carboxylic acids is 1. The van der Waals surface area contributed by atoms with E-state index in [0.29, 0.717) is 0 Å². The summed E-state index contributed by atoms with van der Waals surface area (Å²) in [5.41, 5.74) is 4.96. The van der Waals surface area contributed by atoms with Crippen LogP contribution >= 0.6 is 0 Å². The van der Waals surface area contributed by atoms with Gasteiger partial charge in [-0.2, -0.15) is 13.2 Å². The summed E-state index contributed by atoms with van der Waals surface area (Å²) in [6.07, 6.45) is -4.45. The van der Waals surface area contributed by atoms with Crippen LogP contribution in [0.1, 0.15) is 16.8 Å². The molecule has 0 amide bonds. The van der Waals surface area contributed by atoms with Crippen molar-refractivity contribution in [1.82, 2.24) is 4.98 Å². The van der Waals surface area contributed by atoms with E-state index in [0.717, 1.165) is 12.3 Å². The maximum Gasteiger partial charge on any atom is 0.392 e. The number of ether oxygens (including phenoxy) is 1. The van der Waals surface area contributed by atoms with Gasteiger partial charge in [0, 0.05) is 6.07 Å². The molecule has 1 aromatic rings. The van der Waals surface area contributed by atoms with Crippen LogP contribution in [0.3, 0.4) is 0 Å². The van der Waals surface area contributed by atoms with E-state index in [9.17, 15) is 18.0 Å². The summed E-state index contributed by atoms with van der Waals surface area (Å²) in [7, 11) is 0. The van der Waals surface area contributed by atoms with Crippen LogP contribution in [0, 0.1) is 0 Å². The Balaban J connectivity index is 2.67. The van der Waals surface area contributed by atoms with Gasteiger partial charge in [-0.1, -0.05) is 0 Å². The maximum atomic E-state index is 11.8. The van der Waals surface area contributed by atoms with Gasteiger partial charge < -0.3 is 15.6 Å². The minimum Gasteiger partial charge on any atom is -0.478 e. The zero-order valence-corrected chi connectivity index (χ0v) is 8.49. The molecule has 94 valence electrons. The molecule has 1 heterocycles. The van der Waals surface area contributed by atoms with E-state index >= 15 is 0 Å². The third-order valence-electron chi connectivity index (χ3n) is 1.78. The maximum absolute atomic E-state index is 11.8. The first kappa shape index (κ1) is 13.1. The molecule has 8 heteroatoms. The molecule has 3 N–H and O–H groups in total. The Morgan fingerprint density at radius 1 is 1.53 bits per heavy atom. The summed E-state index contributed by atoms with van der Waals surface area (Å²) in [5.74, 6) is -1.51. The van der Waals surface area contributed by atoms with Gasteiger partial charge in [-0.15, -0.1) is 0 Å². The van der Waals surface area contributed by atoms with E-state index in [1.54, 1.807) is 0 Å². The second kappa shape index (κ2) is 4.89. The first-order valence-corrected chi connectivity index (χ1v) is 4.48. The average Bonchev–Trinajstić information content (AvgIpc) is 2.18. The third kappa shape index (κ3) is 4.17. The van der Waals surface area contributed by atoms with E-state index in [-0.39, 0.29) is 17.1 Å². The molecule has 1 rings (SSSR count). The van der Waals surface area contributed by atoms with Crippen molar-refractivity contribution in [2.24, 2.45) is 0 Å². The number of carbonyl (C=O) groups is 1. The lowest BCUT2D eigenvalue weighted by Gasteiger charge is -2.08. The highest BCUT2D eigenvalue weighted by molar-refractivity contribution is 5.93. The number of aromatic nitrogens is 1. The highest BCUT2D eigenvalue weighted by atomic mass is 19.4. The number of anilines is 1. The fourth-order valence-electron chi connectivity index (χ4n) is 0.982. The largest absolute Gasteiger partial charge is 0.478 e. The van der Waals surface area contributed by atoms with Gasteiger partial charge in [0.25, 0.3) is 0 Å². The van der Waals surface area contributed by atoms with Crippen molar-refractivity contribution in [3.8, 4) is 5.88 Å². The number of alkyl halides is 3. The first-order chi connectivity index (χ1) is 7.79. The molecule has 0 aromatic carbocycles. The third-order valence-corrected chi connectivity index (χ3v) is 1.78. The molecule has 5 nitrogen and oxygen atoms in total. The number of halogens is 3. The molecule has 0 radical (unpaired) electrons. The van der Waals surface area contributed by atoms with Gasteiger partial charge >= 0.3 is 12.1 Å². The lowest BCUT2D eigenvalue weighted by molar-refractivity contribution is -0.139. The molecule has 0 aliphatic rings. The number of pyridine rings is 1. The summed E-state index contributed by atoms with van der Waals surface area (Å²) >= 11 is 0. The predicted molar refractivity (Wildman–Crippen MR) is 51.8 cm³/mol. The molecular formula is C9H9F3N2O3. The molecule has 0 bridgehead atoms. The predicted octanol–water partition coefficient (Wildman–Crippen LogP) is 1.69. The number of nitrogens with two attached hydrogens (primary N) is 1. The molecule has 0 saturated heterocycles. The van der Waals surface area contributed by atoms with Crippen molar-refractivity contribution >= 4 is 11.7 Å². The molecule has 0 aliphatic carbocycles. The highest BCUT2D eigenvalue weighted by Gasteiger charge is 2.27. The Morgan fingerprint density at radius 3 is 2.71 bits per heavy atom. The Bertz CT molecular complexity index is 420. The topological polar surface area (TPSA) is 85.4 Å². The fraction of sp³-hybridized carbons (Fsp3) is 0.333. The molecule has 0 unspecified atom stereocenters.